The number of benzene rings is 2. The highest BCUT2D eigenvalue weighted by Crippen LogP contribution is 2.26. The summed E-state index contributed by atoms with van der Waals surface area (Å²) < 4.78 is 29.7. The molecule has 148 valence electrons. The van der Waals surface area contributed by atoms with Crippen molar-refractivity contribution in [3.8, 4) is 0 Å². The van der Waals surface area contributed by atoms with Crippen molar-refractivity contribution >= 4 is 29.3 Å². The molecular weight excluding hydrogens is 386 g/mol. The first-order valence-electron chi connectivity index (χ1n) is 8.80. The SMILES string of the molecule is COC(=O)[C@@H]1Cc2ccccc2C[NH+]1CC(=O)Nc1ccc(SC(F)F)cc1. The molecule has 0 saturated heterocycles. The fourth-order valence-corrected chi connectivity index (χ4v) is 3.87. The average Bonchev–Trinajstić information content (AvgIpc) is 2.68. The van der Waals surface area contributed by atoms with Crippen LogP contribution in [0.3, 0.4) is 0 Å². The van der Waals surface area contributed by atoms with Crippen LogP contribution >= 0.6 is 11.8 Å². The number of halogens is 2. The molecule has 0 radical (unpaired) electrons. The van der Waals surface area contributed by atoms with Gasteiger partial charge in [-0.25, -0.2) is 4.79 Å². The first-order valence-corrected chi connectivity index (χ1v) is 9.68. The molecule has 0 fully saturated rings. The van der Waals surface area contributed by atoms with Gasteiger partial charge in [-0.05, 0) is 29.8 Å². The van der Waals surface area contributed by atoms with Crippen molar-refractivity contribution < 1.29 is 28.0 Å². The number of methoxy groups -OCH3 is 1. The van der Waals surface area contributed by atoms with Crippen LogP contribution in [0.4, 0.5) is 14.5 Å². The molecule has 1 aliphatic heterocycles. The number of anilines is 1. The van der Waals surface area contributed by atoms with Crippen LogP contribution in [0.1, 0.15) is 11.1 Å². The number of carbonyl (C=O) groups excluding carboxylic acids is 2. The first kappa shape index (κ1) is 20.3. The Morgan fingerprint density at radius 1 is 1.18 bits per heavy atom. The van der Waals surface area contributed by atoms with E-state index in [4.69, 9.17) is 4.74 Å². The minimum atomic E-state index is -2.48. The number of alkyl halides is 2. The van der Waals surface area contributed by atoms with Gasteiger partial charge in [0.1, 0.15) is 6.54 Å². The van der Waals surface area contributed by atoms with Gasteiger partial charge >= 0.3 is 5.97 Å². The number of rotatable bonds is 6. The molecule has 1 unspecified atom stereocenters. The van der Waals surface area contributed by atoms with Gasteiger partial charge in [0.25, 0.3) is 11.7 Å². The van der Waals surface area contributed by atoms with Gasteiger partial charge in [-0.1, -0.05) is 36.0 Å². The maximum atomic E-state index is 12.5. The molecule has 5 nitrogen and oxygen atoms in total. The normalized spacial score (nSPS) is 18.4. The first-order chi connectivity index (χ1) is 13.5. The summed E-state index contributed by atoms with van der Waals surface area (Å²) in [4.78, 5) is 26.0. The molecule has 0 aromatic heterocycles. The predicted molar refractivity (Wildman–Crippen MR) is 102 cm³/mol. The number of nitrogens with one attached hydrogen (secondary N) is 2. The summed E-state index contributed by atoms with van der Waals surface area (Å²) in [5.74, 6) is -3.08. The van der Waals surface area contributed by atoms with Crippen LogP contribution in [0.2, 0.25) is 0 Å². The van der Waals surface area contributed by atoms with Gasteiger partial charge in [-0.3, -0.25) is 4.79 Å². The molecule has 0 aliphatic carbocycles. The van der Waals surface area contributed by atoms with E-state index in [2.05, 4.69) is 5.32 Å². The van der Waals surface area contributed by atoms with E-state index < -0.39 is 11.8 Å². The highest BCUT2D eigenvalue weighted by atomic mass is 32.2. The molecule has 2 aromatic carbocycles. The van der Waals surface area contributed by atoms with E-state index in [0.717, 1.165) is 16.0 Å². The van der Waals surface area contributed by atoms with E-state index in [1.807, 2.05) is 24.3 Å². The van der Waals surface area contributed by atoms with Crippen molar-refractivity contribution in [2.45, 2.75) is 29.7 Å². The van der Waals surface area contributed by atoms with E-state index in [9.17, 15) is 18.4 Å². The Kier molecular flexibility index (Phi) is 6.64. The van der Waals surface area contributed by atoms with E-state index in [-0.39, 0.29) is 18.4 Å². The number of quaternary nitrogens is 1. The zero-order valence-corrected chi connectivity index (χ0v) is 16.1. The number of esters is 1. The van der Waals surface area contributed by atoms with E-state index in [1.165, 1.54) is 19.2 Å². The van der Waals surface area contributed by atoms with Crippen molar-refractivity contribution in [1.82, 2.24) is 0 Å². The molecule has 2 aromatic rings. The maximum absolute atomic E-state index is 12.5. The number of amides is 1. The molecule has 8 heteroatoms. The van der Waals surface area contributed by atoms with Gasteiger partial charge in [0.15, 0.2) is 12.6 Å². The molecule has 1 heterocycles. The number of hydrogen-bond donors (Lipinski definition) is 2. The second-order valence-corrected chi connectivity index (χ2v) is 7.57. The average molecular weight is 407 g/mol. The fraction of sp³-hybridized carbons (Fsp3) is 0.300. The van der Waals surface area contributed by atoms with Crippen LogP contribution in [0.5, 0.6) is 0 Å². The molecule has 1 amide bonds. The molecule has 2 atom stereocenters. The Morgan fingerprint density at radius 2 is 1.86 bits per heavy atom. The molecule has 2 N–H and O–H groups in total. The summed E-state index contributed by atoms with van der Waals surface area (Å²) in [6.07, 6.45) is 0.519. The Morgan fingerprint density at radius 3 is 2.50 bits per heavy atom. The minimum Gasteiger partial charge on any atom is -0.465 e. The highest BCUT2D eigenvalue weighted by Gasteiger charge is 2.37. The third-order valence-electron chi connectivity index (χ3n) is 4.69. The van der Waals surface area contributed by atoms with Crippen molar-refractivity contribution in [3.05, 3.63) is 59.7 Å². The van der Waals surface area contributed by atoms with Crippen LogP contribution in [-0.4, -0.2) is 37.3 Å². The molecular formula is C20H21F2N2O3S+. The van der Waals surface area contributed by atoms with Gasteiger partial charge in [-0.2, -0.15) is 8.78 Å². The van der Waals surface area contributed by atoms with Gasteiger partial charge in [0.2, 0.25) is 0 Å². The van der Waals surface area contributed by atoms with E-state index >= 15 is 0 Å². The lowest BCUT2D eigenvalue weighted by atomic mass is 9.94. The lowest BCUT2D eigenvalue weighted by molar-refractivity contribution is -0.924. The van der Waals surface area contributed by atoms with E-state index in [1.54, 1.807) is 12.1 Å². The zero-order valence-electron chi connectivity index (χ0n) is 15.3. The monoisotopic (exact) mass is 407 g/mol. The Bertz CT molecular complexity index is 846. The molecule has 3 rings (SSSR count). The van der Waals surface area contributed by atoms with Gasteiger partial charge in [0, 0.05) is 22.6 Å². The largest absolute Gasteiger partial charge is 0.465 e. The summed E-state index contributed by atoms with van der Waals surface area (Å²) in [5.41, 5.74) is 2.73. The van der Waals surface area contributed by atoms with Crippen molar-refractivity contribution in [1.29, 1.82) is 0 Å². The second-order valence-electron chi connectivity index (χ2n) is 6.51. The maximum Gasteiger partial charge on any atom is 0.365 e. The fourth-order valence-electron chi connectivity index (χ4n) is 3.37. The third-order valence-corrected chi connectivity index (χ3v) is 5.41. The number of fused-ring (bicyclic) bond motifs is 1. The summed E-state index contributed by atoms with van der Waals surface area (Å²) in [5, 5.41) is 2.76. The van der Waals surface area contributed by atoms with Crippen LogP contribution in [0.25, 0.3) is 0 Å². The Balaban J connectivity index is 1.66. The van der Waals surface area contributed by atoms with Gasteiger partial charge in [-0.15, -0.1) is 0 Å². The molecule has 0 bridgehead atoms. The topological polar surface area (TPSA) is 59.8 Å². The quantitative estimate of drug-likeness (QED) is 0.569. The third kappa shape index (κ3) is 5.08. The minimum absolute atomic E-state index is 0.0988. The standard InChI is InChI=1S/C20H20F2N2O3S/c1-27-19(26)17-10-13-4-2-3-5-14(13)11-24(17)12-18(25)23-15-6-8-16(9-7-15)28-20(21)22/h2-9,17,20H,10-12H2,1H3,(H,23,25)/p+1/t17-/m0/s1. The van der Waals surface area contributed by atoms with E-state index in [0.29, 0.717) is 35.3 Å². The predicted octanol–water partition coefficient (Wildman–Crippen LogP) is 2.12. The summed E-state index contributed by atoms with van der Waals surface area (Å²) in [6.45, 7) is 0.648. The van der Waals surface area contributed by atoms with Crippen LogP contribution in [-0.2, 0) is 27.3 Å². The van der Waals surface area contributed by atoms with Crippen molar-refractivity contribution in [2.24, 2.45) is 0 Å². The van der Waals surface area contributed by atoms with Gasteiger partial charge < -0.3 is 15.0 Å². The second kappa shape index (κ2) is 9.16. The molecule has 0 spiro atoms. The zero-order chi connectivity index (χ0) is 20.1. The van der Waals surface area contributed by atoms with Crippen molar-refractivity contribution in [2.75, 3.05) is 19.0 Å². The molecule has 1 aliphatic rings. The lowest BCUT2D eigenvalue weighted by Gasteiger charge is -2.31. The van der Waals surface area contributed by atoms with Gasteiger partial charge in [0.05, 0.1) is 7.11 Å². The highest BCUT2D eigenvalue weighted by molar-refractivity contribution is 7.99. The number of thioether (sulfide) groups is 1. The number of hydrogen-bond acceptors (Lipinski definition) is 4. The van der Waals surface area contributed by atoms with Crippen LogP contribution in [0, 0.1) is 0 Å². The smallest absolute Gasteiger partial charge is 0.365 e. The Labute approximate surface area is 166 Å². The molecule has 28 heavy (non-hydrogen) atoms. The summed E-state index contributed by atoms with van der Waals surface area (Å²) in [6, 6.07) is 13.6. The number of ether oxygens (including phenoxy) is 1. The summed E-state index contributed by atoms with van der Waals surface area (Å²) in [7, 11) is 1.35. The summed E-state index contributed by atoms with van der Waals surface area (Å²) >= 11 is 0.452. The van der Waals surface area contributed by atoms with Crippen LogP contribution < -0.4 is 10.2 Å². The van der Waals surface area contributed by atoms with Crippen molar-refractivity contribution in [3.63, 3.8) is 0 Å². The van der Waals surface area contributed by atoms with Crippen LogP contribution in [0.15, 0.2) is 53.4 Å². The lowest BCUT2D eigenvalue weighted by Crippen LogP contribution is -3.17. The Hall–Kier alpha value is -2.45. The molecule has 0 saturated carbocycles. The number of carbonyl (C=O) groups is 2.